The molecule has 1 heterocycles. The van der Waals surface area contributed by atoms with Gasteiger partial charge in [-0.3, -0.25) is 4.79 Å². The molecule has 19 heavy (non-hydrogen) atoms. The van der Waals surface area contributed by atoms with Crippen molar-refractivity contribution in [2.45, 2.75) is 70.3 Å². The summed E-state index contributed by atoms with van der Waals surface area (Å²) in [5, 5.41) is 9.18. The number of carboxylic acids is 1. The average molecular weight is 267 g/mol. The van der Waals surface area contributed by atoms with Crippen LogP contribution in [-0.4, -0.2) is 34.5 Å². The molecule has 1 amide bonds. The Morgan fingerprint density at radius 2 is 1.68 bits per heavy atom. The third-order valence-electron chi connectivity index (χ3n) is 4.60. The lowest BCUT2D eigenvalue weighted by molar-refractivity contribution is -0.152. The molecule has 2 rings (SSSR count). The highest BCUT2D eigenvalue weighted by molar-refractivity contribution is 5.83. The van der Waals surface area contributed by atoms with Crippen LogP contribution in [0, 0.1) is 5.92 Å². The number of carbonyl (C=O) groups excluding carboxylic acids is 1. The lowest BCUT2D eigenvalue weighted by atomic mass is 9.86. The van der Waals surface area contributed by atoms with Crippen molar-refractivity contribution < 1.29 is 14.7 Å². The second-order valence-electron chi connectivity index (χ2n) is 5.98. The Labute approximate surface area is 115 Å². The first-order chi connectivity index (χ1) is 9.18. The van der Waals surface area contributed by atoms with E-state index in [1.165, 1.54) is 32.1 Å². The van der Waals surface area contributed by atoms with Gasteiger partial charge in [-0.1, -0.05) is 32.1 Å². The third kappa shape index (κ3) is 3.95. The van der Waals surface area contributed by atoms with Gasteiger partial charge in [-0.05, 0) is 31.6 Å². The summed E-state index contributed by atoms with van der Waals surface area (Å²) in [5.74, 6) is -0.103. The molecule has 1 atom stereocenters. The number of aliphatic carboxylic acids is 1. The average Bonchev–Trinajstić information content (AvgIpc) is 2.46. The summed E-state index contributed by atoms with van der Waals surface area (Å²) < 4.78 is 0. The van der Waals surface area contributed by atoms with E-state index in [0.717, 1.165) is 19.3 Å². The van der Waals surface area contributed by atoms with E-state index in [1.54, 1.807) is 4.90 Å². The topological polar surface area (TPSA) is 57.6 Å². The second kappa shape index (κ2) is 6.92. The van der Waals surface area contributed by atoms with E-state index in [4.69, 9.17) is 0 Å². The van der Waals surface area contributed by atoms with E-state index in [2.05, 4.69) is 0 Å². The van der Waals surface area contributed by atoms with Crippen molar-refractivity contribution in [1.29, 1.82) is 0 Å². The molecule has 0 aromatic carbocycles. The van der Waals surface area contributed by atoms with Gasteiger partial charge in [-0.2, -0.15) is 0 Å². The molecule has 0 aromatic rings. The standard InChI is InChI=1S/C15H25NO3/c17-14(10-9-12-6-2-1-3-7-12)16-11-5-4-8-13(16)15(18)19/h12-13H,1-11H2,(H,18,19)/t13-/m1/s1. The highest BCUT2D eigenvalue weighted by Crippen LogP contribution is 2.28. The van der Waals surface area contributed by atoms with Gasteiger partial charge in [0.2, 0.25) is 5.91 Å². The lowest BCUT2D eigenvalue weighted by Gasteiger charge is -2.33. The number of carbonyl (C=O) groups is 2. The molecule has 0 radical (unpaired) electrons. The van der Waals surface area contributed by atoms with Crippen molar-refractivity contribution >= 4 is 11.9 Å². The van der Waals surface area contributed by atoms with Crippen LogP contribution < -0.4 is 0 Å². The van der Waals surface area contributed by atoms with Crippen LogP contribution in [0.15, 0.2) is 0 Å². The van der Waals surface area contributed by atoms with Crippen LogP contribution in [0.25, 0.3) is 0 Å². The number of nitrogens with zero attached hydrogens (tertiary/aromatic N) is 1. The number of rotatable bonds is 4. The highest BCUT2D eigenvalue weighted by Gasteiger charge is 2.31. The smallest absolute Gasteiger partial charge is 0.326 e. The minimum Gasteiger partial charge on any atom is -0.480 e. The van der Waals surface area contributed by atoms with Gasteiger partial charge in [-0.15, -0.1) is 0 Å². The third-order valence-corrected chi connectivity index (χ3v) is 4.60. The highest BCUT2D eigenvalue weighted by atomic mass is 16.4. The molecule has 4 heteroatoms. The van der Waals surface area contributed by atoms with Gasteiger partial charge in [0.05, 0.1) is 0 Å². The fourth-order valence-electron chi connectivity index (χ4n) is 3.43. The number of hydrogen-bond donors (Lipinski definition) is 1. The summed E-state index contributed by atoms with van der Waals surface area (Å²) in [6, 6.07) is -0.576. The van der Waals surface area contributed by atoms with Crippen LogP contribution in [-0.2, 0) is 9.59 Å². The molecule has 0 aromatic heterocycles. The molecule has 2 fully saturated rings. The fraction of sp³-hybridized carbons (Fsp3) is 0.867. The molecular formula is C15H25NO3. The molecule has 1 aliphatic heterocycles. The maximum atomic E-state index is 12.2. The Morgan fingerprint density at radius 3 is 2.37 bits per heavy atom. The summed E-state index contributed by atoms with van der Waals surface area (Å²) in [5.41, 5.74) is 0. The molecule has 0 unspecified atom stereocenters. The Balaban J connectivity index is 1.81. The van der Waals surface area contributed by atoms with Crippen molar-refractivity contribution in [3.63, 3.8) is 0 Å². The minimum atomic E-state index is -0.842. The second-order valence-corrected chi connectivity index (χ2v) is 5.98. The van der Waals surface area contributed by atoms with Gasteiger partial charge in [-0.25, -0.2) is 4.79 Å². The number of piperidine rings is 1. The zero-order chi connectivity index (χ0) is 13.7. The monoisotopic (exact) mass is 267 g/mol. The van der Waals surface area contributed by atoms with Gasteiger partial charge >= 0.3 is 5.97 Å². The summed E-state index contributed by atoms with van der Waals surface area (Å²) in [7, 11) is 0. The molecule has 1 saturated heterocycles. The number of hydrogen-bond acceptors (Lipinski definition) is 2. The molecule has 108 valence electrons. The first-order valence-corrected chi connectivity index (χ1v) is 7.71. The summed E-state index contributed by atoms with van der Waals surface area (Å²) in [4.78, 5) is 25.0. The van der Waals surface area contributed by atoms with E-state index >= 15 is 0 Å². The Bertz CT molecular complexity index is 323. The first kappa shape index (κ1) is 14.4. The van der Waals surface area contributed by atoms with Crippen molar-refractivity contribution in [3.05, 3.63) is 0 Å². The number of amides is 1. The Kier molecular flexibility index (Phi) is 5.23. The van der Waals surface area contributed by atoms with E-state index in [9.17, 15) is 14.7 Å². The largest absolute Gasteiger partial charge is 0.480 e. The quantitative estimate of drug-likeness (QED) is 0.852. The van der Waals surface area contributed by atoms with Crippen LogP contribution in [0.2, 0.25) is 0 Å². The SMILES string of the molecule is O=C(O)[C@H]1CCCCN1C(=O)CCC1CCCCC1. The predicted octanol–water partition coefficient (Wildman–Crippen LogP) is 2.81. The molecule has 0 spiro atoms. The zero-order valence-electron chi connectivity index (χ0n) is 11.6. The molecule has 4 nitrogen and oxygen atoms in total. The van der Waals surface area contributed by atoms with Crippen LogP contribution in [0.4, 0.5) is 0 Å². The van der Waals surface area contributed by atoms with E-state index in [0.29, 0.717) is 25.3 Å². The van der Waals surface area contributed by atoms with Crippen molar-refractivity contribution in [2.75, 3.05) is 6.54 Å². The van der Waals surface area contributed by atoms with Gasteiger partial charge < -0.3 is 10.0 Å². The van der Waals surface area contributed by atoms with E-state index in [-0.39, 0.29) is 5.91 Å². The first-order valence-electron chi connectivity index (χ1n) is 7.71. The van der Waals surface area contributed by atoms with E-state index < -0.39 is 12.0 Å². The number of likely N-dealkylation sites (tertiary alicyclic amines) is 1. The molecule has 1 N–H and O–H groups in total. The summed E-state index contributed by atoms with van der Waals surface area (Å²) in [6.45, 7) is 0.625. The molecular weight excluding hydrogens is 242 g/mol. The minimum absolute atomic E-state index is 0.0534. The number of carboxylic acid groups (broad SMARTS) is 1. The van der Waals surface area contributed by atoms with Crippen molar-refractivity contribution in [2.24, 2.45) is 5.92 Å². The predicted molar refractivity (Wildman–Crippen MR) is 72.8 cm³/mol. The van der Waals surface area contributed by atoms with Gasteiger partial charge in [0.1, 0.15) is 6.04 Å². The summed E-state index contributed by atoms with van der Waals surface area (Å²) >= 11 is 0. The van der Waals surface area contributed by atoms with Crippen LogP contribution in [0.5, 0.6) is 0 Å². The molecule has 0 bridgehead atoms. The molecule has 1 saturated carbocycles. The lowest BCUT2D eigenvalue weighted by Crippen LogP contribution is -2.48. The fourth-order valence-corrected chi connectivity index (χ4v) is 3.43. The van der Waals surface area contributed by atoms with Crippen molar-refractivity contribution in [1.82, 2.24) is 4.90 Å². The van der Waals surface area contributed by atoms with Crippen LogP contribution in [0.1, 0.15) is 64.2 Å². The molecule has 1 aliphatic carbocycles. The van der Waals surface area contributed by atoms with Gasteiger partial charge in [0.25, 0.3) is 0 Å². The van der Waals surface area contributed by atoms with Crippen LogP contribution >= 0.6 is 0 Å². The summed E-state index contributed by atoms with van der Waals surface area (Å²) in [6.07, 6.45) is 10.4. The molecule has 2 aliphatic rings. The maximum Gasteiger partial charge on any atom is 0.326 e. The normalized spacial score (nSPS) is 25.3. The Morgan fingerprint density at radius 1 is 1.00 bits per heavy atom. The van der Waals surface area contributed by atoms with Crippen LogP contribution in [0.3, 0.4) is 0 Å². The maximum absolute atomic E-state index is 12.2. The zero-order valence-corrected chi connectivity index (χ0v) is 11.6. The van der Waals surface area contributed by atoms with E-state index in [1.807, 2.05) is 0 Å². The van der Waals surface area contributed by atoms with Crippen molar-refractivity contribution in [3.8, 4) is 0 Å². The Hall–Kier alpha value is -1.06. The van der Waals surface area contributed by atoms with Gasteiger partial charge in [0.15, 0.2) is 0 Å². The van der Waals surface area contributed by atoms with Gasteiger partial charge in [0, 0.05) is 13.0 Å².